The molecule has 1 fully saturated rings. The van der Waals surface area contributed by atoms with Crippen LogP contribution in [0.3, 0.4) is 0 Å². The number of aliphatic carboxylic acids is 1. The Morgan fingerprint density at radius 3 is 2.48 bits per heavy atom. The fourth-order valence-corrected chi connectivity index (χ4v) is 3.42. The number of nitrogens with zero attached hydrogens (tertiary/aromatic N) is 1. The third-order valence-electron chi connectivity index (χ3n) is 5.20. The number of H-pyrrole nitrogens is 1. The molecule has 0 bridgehead atoms. The Hall–Kier alpha value is -3.89. The van der Waals surface area contributed by atoms with Crippen LogP contribution in [0.5, 0.6) is 0 Å². The normalized spacial score (nSPS) is 15.2. The molecule has 1 aliphatic heterocycles. The van der Waals surface area contributed by atoms with Crippen LogP contribution in [0.25, 0.3) is 22.2 Å². The van der Waals surface area contributed by atoms with Crippen molar-refractivity contribution in [3.8, 4) is 11.3 Å². The maximum Gasteiger partial charge on any atom is 0.490 e. The Bertz CT molecular complexity index is 1250. The number of hydrogen-bond donors (Lipinski definition) is 4. The fraction of sp³-hybridized carbons (Fsp3) is 0.273. The number of hydrogen-bond acceptors (Lipinski definition) is 4. The van der Waals surface area contributed by atoms with Crippen molar-refractivity contribution in [3.05, 3.63) is 53.3 Å². The molecule has 1 saturated carbocycles. The molecule has 3 aromatic rings. The maximum atomic E-state index is 12.4. The third kappa shape index (κ3) is 4.97. The molecular formula is C22H19F3N4O4. The molecule has 0 radical (unpaired) electrons. The van der Waals surface area contributed by atoms with E-state index in [4.69, 9.17) is 9.90 Å². The van der Waals surface area contributed by atoms with E-state index in [-0.39, 0.29) is 11.8 Å². The van der Waals surface area contributed by atoms with Crippen LogP contribution in [0.1, 0.15) is 39.4 Å². The lowest BCUT2D eigenvalue weighted by molar-refractivity contribution is -0.192. The smallest absolute Gasteiger partial charge is 0.475 e. The van der Waals surface area contributed by atoms with Crippen molar-refractivity contribution in [2.75, 3.05) is 6.54 Å². The van der Waals surface area contributed by atoms with E-state index < -0.39 is 12.1 Å². The number of aromatic nitrogens is 2. The van der Waals surface area contributed by atoms with Crippen molar-refractivity contribution in [1.82, 2.24) is 20.6 Å². The number of amides is 2. The van der Waals surface area contributed by atoms with Crippen LogP contribution in [-0.4, -0.2) is 51.6 Å². The van der Waals surface area contributed by atoms with Crippen LogP contribution in [0.2, 0.25) is 0 Å². The molecule has 172 valence electrons. The van der Waals surface area contributed by atoms with Gasteiger partial charge in [-0.25, -0.2) is 9.78 Å². The van der Waals surface area contributed by atoms with Crippen molar-refractivity contribution in [3.63, 3.8) is 0 Å². The SMILES string of the molecule is O=C(NC1CC1)c1ccc2cccc(-c3cc4c([nH]3)CCNC4=O)c2n1.O=C(O)C(F)(F)F. The van der Waals surface area contributed by atoms with E-state index in [2.05, 4.69) is 20.6 Å². The van der Waals surface area contributed by atoms with Crippen LogP contribution < -0.4 is 10.6 Å². The lowest BCUT2D eigenvalue weighted by atomic mass is 10.1. The minimum Gasteiger partial charge on any atom is -0.475 e. The van der Waals surface area contributed by atoms with E-state index in [1.54, 1.807) is 6.07 Å². The number of benzene rings is 1. The monoisotopic (exact) mass is 460 g/mol. The molecule has 2 aliphatic rings. The molecule has 0 saturated heterocycles. The lowest BCUT2D eigenvalue weighted by Gasteiger charge is -2.11. The zero-order chi connectivity index (χ0) is 23.8. The summed E-state index contributed by atoms with van der Waals surface area (Å²) in [6.45, 7) is 0.644. The summed E-state index contributed by atoms with van der Waals surface area (Å²) in [6, 6.07) is 11.8. The van der Waals surface area contributed by atoms with Crippen molar-refractivity contribution < 1.29 is 32.7 Å². The first-order valence-electron chi connectivity index (χ1n) is 10.1. The molecule has 0 atom stereocenters. The van der Waals surface area contributed by atoms with Gasteiger partial charge in [0.2, 0.25) is 0 Å². The average molecular weight is 460 g/mol. The standard InChI is InChI=1S/C20H18N4O2.C2HF3O2/c25-19-14-10-17(23-15(14)8-9-21-19)13-3-1-2-11-4-7-16(24-18(11)13)20(26)22-12-5-6-12;3-2(4,5)1(6)7/h1-4,7,10,12,23H,5-6,8-9H2,(H,21,25)(H,22,26);(H,6,7). The Morgan fingerprint density at radius 1 is 1.12 bits per heavy atom. The predicted octanol–water partition coefficient (Wildman–Crippen LogP) is 3.04. The number of fused-ring (bicyclic) bond motifs is 2. The van der Waals surface area contributed by atoms with E-state index in [1.165, 1.54) is 0 Å². The molecule has 11 heteroatoms. The van der Waals surface area contributed by atoms with Crippen LogP contribution in [0, 0.1) is 0 Å². The highest BCUT2D eigenvalue weighted by atomic mass is 19.4. The van der Waals surface area contributed by atoms with Crippen molar-refractivity contribution >= 4 is 28.7 Å². The summed E-state index contributed by atoms with van der Waals surface area (Å²) in [7, 11) is 0. The van der Waals surface area contributed by atoms with Crippen LogP contribution >= 0.6 is 0 Å². The summed E-state index contributed by atoms with van der Waals surface area (Å²) in [6.07, 6.45) is -2.21. The van der Waals surface area contributed by atoms with Gasteiger partial charge in [-0.1, -0.05) is 24.3 Å². The first-order chi connectivity index (χ1) is 15.6. The van der Waals surface area contributed by atoms with Gasteiger partial charge in [-0.3, -0.25) is 9.59 Å². The highest BCUT2D eigenvalue weighted by molar-refractivity contribution is 6.01. The molecule has 2 aromatic heterocycles. The van der Waals surface area contributed by atoms with Gasteiger partial charge in [-0.15, -0.1) is 0 Å². The zero-order valence-corrected chi connectivity index (χ0v) is 17.1. The molecule has 3 heterocycles. The van der Waals surface area contributed by atoms with Gasteiger partial charge >= 0.3 is 12.1 Å². The number of carbonyl (C=O) groups excluding carboxylic acids is 2. The second-order valence-corrected chi connectivity index (χ2v) is 7.71. The molecule has 4 N–H and O–H groups in total. The third-order valence-corrected chi connectivity index (χ3v) is 5.20. The summed E-state index contributed by atoms with van der Waals surface area (Å²) in [5.74, 6) is -2.94. The minimum absolute atomic E-state index is 0.0496. The van der Waals surface area contributed by atoms with Crippen LogP contribution in [0.15, 0.2) is 36.4 Å². The second kappa shape index (κ2) is 8.57. The van der Waals surface area contributed by atoms with E-state index in [1.807, 2.05) is 30.3 Å². The quantitative estimate of drug-likeness (QED) is 0.478. The van der Waals surface area contributed by atoms with Crippen LogP contribution in [0.4, 0.5) is 13.2 Å². The maximum absolute atomic E-state index is 12.4. The Labute approximate surface area is 185 Å². The average Bonchev–Trinajstić information content (AvgIpc) is 3.47. The first kappa shape index (κ1) is 22.3. The number of rotatable bonds is 3. The molecule has 8 nitrogen and oxygen atoms in total. The summed E-state index contributed by atoms with van der Waals surface area (Å²) in [5, 5.41) is 13.9. The Morgan fingerprint density at radius 2 is 1.85 bits per heavy atom. The number of carboxylic acids is 1. The van der Waals surface area contributed by atoms with Gasteiger partial charge in [0.1, 0.15) is 5.69 Å². The summed E-state index contributed by atoms with van der Waals surface area (Å²) >= 11 is 0. The lowest BCUT2D eigenvalue weighted by Crippen LogP contribution is -2.31. The molecule has 0 unspecified atom stereocenters. The van der Waals surface area contributed by atoms with Crippen molar-refractivity contribution in [2.24, 2.45) is 0 Å². The van der Waals surface area contributed by atoms with E-state index >= 15 is 0 Å². The number of alkyl halides is 3. The molecule has 1 aromatic carbocycles. The predicted molar refractivity (Wildman–Crippen MR) is 112 cm³/mol. The number of para-hydroxylation sites is 1. The fourth-order valence-electron chi connectivity index (χ4n) is 3.42. The molecule has 1 aliphatic carbocycles. The second-order valence-electron chi connectivity index (χ2n) is 7.71. The Kier molecular flexibility index (Phi) is 5.79. The van der Waals surface area contributed by atoms with E-state index in [9.17, 15) is 22.8 Å². The number of carbonyl (C=O) groups is 3. The summed E-state index contributed by atoms with van der Waals surface area (Å²) < 4.78 is 31.7. The topological polar surface area (TPSA) is 124 Å². The number of carboxylic acid groups (broad SMARTS) is 1. The van der Waals surface area contributed by atoms with Gasteiger partial charge in [0.05, 0.1) is 11.1 Å². The number of pyridine rings is 1. The van der Waals surface area contributed by atoms with E-state index in [0.29, 0.717) is 23.8 Å². The van der Waals surface area contributed by atoms with Gasteiger partial charge in [0.15, 0.2) is 0 Å². The molecule has 0 spiro atoms. The largest absolute Gasteiger partial charge is 0.490 e. The highest BCUT2D eigenvalue weighted by Crippen LogP contribution is 2.30. The van der Waals surface area contributed by atoms with Crippen molar-refractivity contribution in [1.29, 1.82) is 0 Å². The molecule has 5 rings (SSSR count). The van der Waals surface area contributed by atoms with Gasteiger partial charge in [-0.05, 0) is 25.0 Å². The summed E-state index contributed by atoms with van der Waals surface area (Å²) in [4.78, 5) is 41.3. The molecular weight excluding hydrogens is 441 g/mol. The number of halogens is 3. The van der Waals surface area contributed by atoms with Crippen LogP contribution in [-0.2, 0) is 11.2 Å². The zero-order valence-electron chi connectivity index (χ0n) is 17.1. The Balaban J connectivity index is 0.000000325. The summed E-state index contributed by atoms with van der Waals surface area (Å²) in [5.41, 5.74) is 4.56. The van der Waals surface area contributed by atoms with Gasteiger partial charge in [0.25, 0.3) is 11.8 Å². The first-order valence-corrected chi connectivity index (χ1v) is 10.1. The van der Waals surface area contributed by atoms with Gasteiger partial charge < -0.3 is 20.7 Å². The molecule has 33 heavy (non-hydrogen) atoms. The minimum atomic E-state index is -5.08. The van der Waals surface area contributed by atoms with E-state index in [0.717, 1.165) is 47.1 Å². The van der Waals surface area contributed by atoms with Crippen molar-refractivity contribution in [2.45, 2.75) is 31.5 Å². The number of aromatic amines is 1. The highest BCUT2D eigenvalue weighted by Gasteiger charge is 2.38. The number of nitrogens with one attached hydrogen (secondary N) is 3. The molecule has 2 amide bonds. The van der Waals surface area contributed by atoms with Gasteiger partial charge in [0, 0.05) is 41.3 Å². The van der Waals surface area contributed by atoms with Gasteiger partial charge in [-0.2, -0.15) is 13.2 Å².